The molecule has 16 heavy (non-hydrogen) atoms. The second-order valence-electron chi connectivity index (χ2n) is 4.80. The molecule has 90 valence electrons. The standard InChI is InChI=1S/C12H17ClO2S/c1-9-5-6-10(2)11(7-9)8-12(3,4)16(13,14)15/h5-7H,8H2,1-4H3. The molecule has 0 amide bonds. The van der Waals surface area contributed by atoms with Crippen LogP contribution >= 0.6 is 10.7 Å². The van der Waals surface area contributed by atoms with Crippen molar-refractivity contribution in [1.29, 1.82) is 0 Å². The van der Waals surface area contributed by atoms with Gasteiger partial charge in [0.1, 0.15) is 0 Å². The zero-order chi connectivity index (χ0) is 12.6. The molecule has 0 heterocycles. The Labute approximate surface area is 102 Å². The van der Waals surface area contributed by atoms with Gasteiger partial charge in [-0.15, -0.1) is 0 Å². The van der Waals surface area contributed by atoms with Gasteiger partial charge in [-0.25, -0.2) is 8.42 Å². The quantitative estimate of drug-likeness (QED) is 0.783. The number of halogens is 1. The van der Waals surface area contributed by atoms with Gasteiger partial charge in [0.25, 0.3) is 0 Å². The number of hydrogen-bond donors (Lipinski definition) is 0. The molecule has 1 aromatic carbocycles. The molecule has 0 aliphatic heterocycles. The molecule has 0 aliphatic carbocycles. The van der Waals surface area contributed by atoms with E-state index in [1.165, 1.54) is 0 Å². The van der Waals surface area contributed by atoms with Gasteiger partial charge in [0.15, 0.2) is 0 Å². The summed E-state index contributed by atoms with van der Waals surface area (Å²) < 4.78 is 21.9. The Bertz CT molecular complexity index is 490. The van der Waals surface area contributed by atoms with E-state index >= 15 is 0 Å². The number of rotatable bonds is 3. The lowest BCUT2D eigenvalue weighted by atomic mass is 9.96. The van der Waals surface area contributed by atoms with Crippen molar-refractivity contribution in [3.8, 4) is 0 Å². The first-order chi connectivity index (χ1) is 7.13. The van der Waals surface area contributed by atoms with Crippen molar-refractivity contribution in [2.45, 2.75) is 38.9 Å². The smallest absolute Gasteiger partial charge is 0.212 e. The normalized spacial score (nSPS) is 12.8. The molecular formula is C12H17ClO2S. The van der Waals surface area contributed by atoms with Crippen LogP contribution in [0.4, 0.5) is 0 Å². The predicted molar refractivity (Wildman–Crippen MR) is 68.5 cm³/mol. The highest BCUT2D eigenvalue weighted by Crippen LogP contribution is 2.27. The van der Waals surface area contributed by atoms with Crippen LogP contribution in [-0.4, -0.2) is 13.2 Å². The van der Waals surface area contributed by atoms with Gasteiger partial charge in [-0.2, -0.15) is 0 Å². The predicted octanol–water partition coefficient (Wildman–Crippen LogP) is 3.19. The zero-order valence-corrected chi connectivity index (χ0v) is 11.6. The van der Waals surface area contributed by atoms with E-state index in [-0.39, 0.29) is 0 Å². The van der Waals surface area contributed by atoms with E-state index in [0.29, 0.717) is 6.42 Å². The minimum Gasteiger partial charge on any atom is -0.212 e. The Balaban J connectivity index is 3.10. The first-order valence-electron chi connectivity index (χ1n) is 5.14. The molecule has 4 heteroatoms. The summed E-state index contributed by atoms with van der Waals surface area (Å²) >= 11 is 0. The molecule has 0 fully saturated rings. The minimum absolute atomic E-state index is 0.437. The molecule has 0 N–H and O–H groups in total. The van der Waals surface area contributed by atoms with E-state index < -0.39 is 13.8 Å². The lowest BCUT2D eigenvalue weighted by Gasteiger charge is -2.22. The third-order valence-corrected chi connectivity index (χ3v) is 5.50. The number of hydrogen-bond acceptors (Lipinski definition) is 2. The van der Waals surface area contributed by atoms with E-state index in [1.807, 2.05) is 32.0 Å². The summed E-state index contributed by atoms with van der Waals surface area (Å²) in [6.45, 7) is 7.27. The monoisotopic (exact) mass is 260 g/mol. The molecule has 0 radical (unpaired) electrons. The van der Waals surface area contributed by atoms with Gasteiger partial charge in [-0.05, 0) is 45.2 Å². The molecular weight excluding hydrogens is 244 g/mol. The SMILES string of the molecule is Cc1ccc(C)c(CC(C)(C)S(=O)(=O)Cl)c1. The minimum atomic E-state index is -3.56. The van der Waals surface area contributed by atoms with Crippen LogP contribution in [0.5, 0.6) is 0 Å². The van der Waals surface area contributed by atoms with E-state index in [2.05, 4.69) is 0 Å². The van der Waals surface area contributed by atoms with Crippen LogP contribution in [0.25, 0.3) is 0 Å². The van der Waals surface area contributed by atoms with Gasteiger partial charge in [0.2, 0.25) is 9.05 Å². The van der Waals surface area contributed by atoms with Gasteiger partial charge in [0, 0.05) is 10.7 Å². The highest BCUT2D eigenvalue weighted by molar-refractivity contribution is 8.14. The average molecular weight is 261 g/mol. The van der Waals surface area contributed by atoms with Crippen LogP contribution in [-0.2, 0) is 15.5 Å². The fraction of sp³-hybridized carbons (Fsp3) is 0.500. The van der Waals surface area contributed by atoms with E-state index in [1.54, 1.807) is 13.8 Å². The van der Waals surface area contributed by atoms with E-state index in [9.17, 15) is 8.42 Å². The van der Waals surface area contributed by atoms with Crippen molar-refractivity contribution < 1.29 is 8.42 Å². The second kappa shape index (κ2) is 4.38. The number of aryl methyl sites for hydroxylation is 2. The summed E-state index contributed by atoms with van der Waals surface area (Å²) in [4.78, 5) is 0. The molecule has 0 bridgehead atoms. The maximum absolute atomic E-state index is 11.4. The Hall–Kier alpha value is -0.540. The van der Waals surface area contributed by atoms with Crippen molar-refractivity contribution in [3.63, 3.8) is 0 Å². The van der Waals surface area contributed by atoms with Crippen molar-refractivity contribution in [2.24, 2.45) is 0 Å². The van der Waals surface area contributed by atoms with Crippen LogP contribution in [0.2, 0.25) is 0 Å². The van der Waals surface area contributed by atoms with Crippen LogP contribution < -0.4 is 0 Å². The van der Waals surface area contributed by atoms with Gasteiger partial charge in [-0.3, -0.25) is 0 Å². The van der Waals surface area contributed by atoms with Gasteiger partial charge in [0.05, 0.1) is 4.75 Å². The van der Waals surface area contributed by atoms with Gasteiger partial charge < -0.3 is 0 Å². The van der Waals surface area contributed by atoms with Crippen molar-refractivity contribution in [1.82, 2.24) is 0 Å². The molecule has 0 aromatic heterocycles. The van der Waals surface area contributed by atoms with E-state index in [0.717, 1.165) is 16.7 Å². The molecule has 0 spiro atoms. The summed E-state index contributed by atoms with van der Waals surface area (Å²) in [5.41, 5.74) is 3.26. The highest BCUT2D eigenvalue weighted by Gasteiger charge is 2.33. The molecule has 0 saturated carbocycles. The summed E-state index contributed by atoms with van der Waals surface area (Å²) in [7, 11) is 1.88. The van der Waals surface area contributed by atoms with Gasteiger partial charge >= 0.3 is 0 Å². The molecule has 0 atom stereocenters. The van der Waals surface area contributed by atoms with Crippen LogP contribution in [0.15, 0.2) is 18.2 Å². The Kier molecular flexibility index (Phi) is 3.70. The topological polar surface area (TPSA) is 34.1 Å². The molecule has 1 aromatic rings. The van der Waals surface area contributed by atoms with Crippen LogP contribution in [0.3, 0.4) is 0 Å². The Morgan fingerprint density at radius 3 is 2.31 bits per heavy atom. The maximum atomic E-state index is 11.4. The summed E-state index contributed by atoms with van der Waals surface area (Å²) in [6, 6.07) is 6.03. The molecule has 0 saturated heterocycles. The van der Waals surface area contributed by atoms with E-state index in [4.69, 9.17) is 10.7 Å². The third kappa shape index (κ3) is 2.98. The molecule has 2 nitrogen and oxygen atoms in total. The second-order valence-corrected chi connectivity index (χ2v) is 8.00. The lowest BCUT2D eigenvalue weighted by molar-refractivity contribution is 0.558. The molecule has 0 aliphatic rings. The Morgan fingerprint density at radius 1 is 1.25 bits per heavy atom. The van der Waals surface area contributed by atoms with Crippen molar-refractivity contribution >= 4 is 19.7 Å². The molecule has 1 rings (SSSR count). The van der Waals surface area contributed by atoms with Gasteiger partial charge in [-0.1, -0.05) is 23.8 Å². The fourth-order valence-corrected chi connectivity index (χ4v) is 2.03. The van der Waals surface area contributed by atoms with Crippen molar-refractivity contribution in [2.75, 3.05) is 0 Å². The maximum Gasteiger partial charge on any atom is 0.238 e. The summed E-state index contributed by atoms with van der Waals surface area (Å²) in [6.07, 6.45) is 0.437. The fourth-order valence-electron chi connectivity index (χ4n) is 1.54. The summed E-state index contributed by atoms with van der Waals surface area (Å²) in [5.74, 6) is 0. The summed E-state index contributed by atoms with van der Waals surface area (Å²) in [5, 5.41) is 0. The van der Waals surface area contributed by atoms with Crippen LogP contribution in [0, 0.1) is 13.8 Å². The van der Waals surface area contributed by atoms with Crippen LogP contribution in [0.1, 0.15) is 30.5 Å². The molecule has 0 unspecified atom stereocenters. The Morgan fingerprint density at radius 2 is 1.81 bits per heavy atom. The van der Waals surface area contributed by atoms with Crippen molar-refractivity contribution in [3.05, 3.63) is 34.9 Å². The number of benzene rings is 1. The average Bonchev–Trinajstić information content (AvgIpc) is 2.09. The lowest BCUT2D eigenvalue weighted by Crippen LogP contribution is -2.30. The highest BCUT2D eigenvalue weighted by atomic mass is 35.7. The first-order valence-corrected chi connectivity index (χ1v) is 7.45. The third-order valence-electron chi connectivity index (χ3n) is 2.78. The first kappa shape index (κ1) is 13.5. The zero-order valence-electron chi connectivity index (χ0n) is 10.0. The largest absolute Gasteiger partial charge is 0.238 e.